The summed E-state index contributed by atoms with van der Waals surface area (Å²) in [7, 11) is 0. The molecule has 2 aromatic carbocycles. The highest BCUT2D eigenvalue weighted by molar-refractivity contribution is 7.03. The highest BCUT2D eigenvalue weighted by atomic mass is 32.1. The van der Waals surface area contributed by atoms with Crippen molar-refractivity contribution in [1.82, 2.24) is 24.2 Å². The second kappa shape index (κ2) is 10.8. The average Bonchev–Trinajstić information content (AvgIpc) is 3.48. The van der Waals surface area contributed by atoms with Crippen LogP contribution < -0.4 is 21.1 Å². The van der Waals surface area contributed by atoms with Crippen LogP contribution in [0.1, 0.15) is 25.5 Å². The van der Waals surface area contributed by atoms with Gasteiger partial charge in [0.15, 0.2) is 0 Å². The summed E-state index contributed by atoms with van der Waals surface area (Å²) in [6.45, 7) is 9.15. The number of nitrogens with zero attached hydrogens (tertiary/aromatic N) is 5. The zero-order valence-corrected chi connectivity index (χ0v) is 23.4. The first kappa shape index (κ1) is 26.1. The number of hydrogen-bond donors (Lipinski definition) is 2. The maximum absolute atomic E-state index is 15.0. The molecule has 0 bridgehead atoms. The molecule has 1 saturated heterocycles. The van der Waals surface area contributed by atoms with Crippen LogP contribution in [0.25, 0.3) is 33.3 Å². The summed E-state index contributed by atoms with van der Waals surface area (Å²) < 4.78 is 20.9. The highest BCUT2D eigenvalue weighted by Gasteiger charge is 2.19. The predicted octanol–water partition coefficient (Wildman–Crippen LogP) is 5.76. The summed E-state index contributed by atoms with van der Waals surface area (Å²) in [6, 6.07) is 12.9. The van der Waals surface area contributed by atoms with Gasteiger partial charge in [-0.2, -0.15) is 4.98 Å². The van der Waals surface area contributed by atoms with Crippen LogP contribution in [0, 0.1) is 12.7 Å². The molecule has 0 radical (unpaired) electrons. The minimum atomic E-state index is -0.300. The van der Waals surface area contributed by atoms with Crippen LogP contribution >= 0.6 is 11.5 Å². The van der Waals surface area contributed by atoms with E-state index in [0.717, 1.165) is 53.8 Å². The van der Waals surface area contributed by atoms with Gasteiger partial charge < -0.3 is 15.5 Å². The normalized spacial score (nSPS) is 13.8. The number of rotatable bonds is 6. The standard InChI is InChI=1S/C30H30FN7OS/c1-18(2)38-28-20(13-25(29(38)39)23-6-4-19(3)12-24(23)21-16-34-40-17-21)15-33-30(36-28)35-22-5-7-27(26(31)14-22)37-10-8-32-9-11-37/h4-7,12-18,32H,8-11H2,1-3H3,(H,33,35,36). The van der Waals surface area contributed by atoms with Gasteiger partial charge in [-0.1, -0.05) is 23.8 Å². The van der Waals surface area contributed by atoms with Crippen molar-refractivity contribution in [2.75, 3.05) is 36.4 Å². The van der Waals surface area contributed by atoms with Crippen LogP contribution in [0.4, 0.5) is 21.7 Å². The van der Waals surface area contributed by atoms with Crippen LogP contribution in [0.5, 0.6) is 0 Å². The second-order valence-corrected chi connectivity index (χ2v) is 10.9. The predicted molar refractivity (Wildman–Crippen MR) is 160 cm³/mol. The molecule has 1 fully saturated rings. The number of fused-ring (bicyclic) bond motifs is 1. The third-order valence-corrected chi connectivity index (χ3v) is 7.75. The van der Waals surface area contributed by atoms with Gasteiger partial charge in [-0.3, -0.25) is 9.36 Å². The summed E-state index contributed by atoms with van der Waals surface area (Å²) in [5.41, 5.74) is 5.98. The Morgan fingerprint density at radius 1 is 1.02 bits per heavy atom. The van der Waals surface area contributed by atoms with Crippen molar-refractivity contribution in [3.8, 4) is 22.3 Å². The van der Waals surface area contributed by atoms with Crippen LogP contribution in [-0.2, 0) is 0 Å². The molecule has 10 heteroatoms. The molecule has 0 aliphatic carbocycles. The Balaban J connectivity index is 1.39. The SMILES string of the molecule is Cc1ccc(-c2cc3cnc(Nc4ccc(N5CCNCC5)c(F)c4)nc3n(C(C)C)c2=O)c(-c2cnsc2)c1. The summed E-state index contributed by atoms with van der Waals surface area (Å²) in [5, 5.41) is 9.13. The number of anilines is 3. The van der Waals surface area contributed by atoms with Gasteiger partial charge in [0.05, 0.1) is 5.69 Å². The molecule has 2 N–H and O–H groups in total. The van der Waals surface area contributed by atoms with Crippen LogP contribution in [0.3, 0.4) is 0 Å². The first-order chi connectivity index (χ1) is 19.4. The number of nitrogens with one attached hydrogen (secondary N) is 2. The Labute approximate surface area is 235 Å². The van der Waals surface area contributed by atoms with Crippen molar-refractivity contribution in [1.29, 1.82) is 0 Å². The van der Waals surface area contributed by atoms with Gasteiger partial charge in [0.25, 0.3) is 5.56 Å². The van der Waals surface area contributed by atoms with E-state index in [4.69, 9.17) is 4.98 Å². The molecular formula is C30H30FN7OS. The molecule has 1 aliphatic heterocycles. The lowest BCUT2D eigenvalue weighted by molar-refractivity contribution is 0.566. The van der Waals surface area contributed by atoms with Gasteiger partial charge in [0.1, 0.15) is 11.5 Å². The smallest absolute Gasteiger partial charge is 0.260 e. The lowest BCUT2D eigenvalue weighted by atomic mass is 9.95. The number of hydrogen-bond acceptors (Lipinski definition) is 8. The zero-order chi connectivity index (χ0) is 27.8. The van der Waals surface area contributed by atoms with Crippen molar-refractivity contribution in [2.45, 2.75) is 26.8 Å². The first-order valence-corrected chi connectivity index (χ1v) is 14.2. The molecule has 4 heterocycles. The molecule has 40 heavy (non-hydrogen) atoms. The van der Waals surface area contributed by atoms with E-state index in [1.165, 1.54) is 17.6 Å². The van der Waals surface area contributed by atoms with E-state index in [2.05, 4.69) is 26.1 Å². The molecule has 204 valence electrons. The minimum absolute atomic E-state index is 0.133. The molecule has 5 aromatic rings. The van der Waals surface area contributed by atoms with E-state index in [1.54, 1.807) is 16.8 Å². The Hall–Kier alpha value is -4.15. The van der Waals surface area contributed by atoms with E-state index in [0.29, 0.717) is 28.5 Å². The van der Waals surface area contributed by atoms with E-state index >= 15 is 0 Å². The molecule has 0 amide bonds. The Kier molecular flexibility index (Phi) is 7.03. The minimum Gasteiger partial charge on any atom is -0.367 e. The van der Waals surface area contributed by atoms with Gasteiger partial charge in [-0.25, -0.2) is 13.7 Å². The van der Waals surface area contributed by atoms with Crippen molar-refractivity contribution >= 4 is 39.9 Å². The molecule has 0 atom stereocenters. The first-order valence-electron chi connectivity index (χ1n) is 13.3. The number of piperazine rings is 1. The topological polar surface area (TPSA) is 88.0 Å². The Morgan fingerprint density at radius 2 is 1.85 bits per heavy atom. The molecule has 0 unspecified atom stereocenters. The van der Waals surface area contributed by atoms with Gasteiger partial charge in [0, 0.05) is 72.2 Å². The van der Waals surface area contributed by atoms with Crippen LogP contribution in [0.2, 0.25) is 0 Å². The molecule has 6 rings (SSSR count). The molecule has 0 spiro atoms. The van der Waals surface area contributed by atoms with E-state index in [-0.39, 0.29) is 17.4 Å². The Morgan fingerprint density at radius 3 is 2.58 bits per heavy atom. The van der Waals surface area contributed by atoms with Gasteiger partial charge in [-0.15, -0.1) is 0 Å². The molecule has 1 aliphatic rings. The number of aromatic nitrogens is 4. The monoisotopic (exact) mass is 555 g/mol. The molecule has 8 nitrogen and oxygen atoms in total. The average molecular weight is 556 g/mol. The number of aryl methyl sites for hydroxylation is 1. The highest BCUT2D eigenvalue weighted by Crippen LogP contribution is 2.34. The third kappa shape index (κ3) is 4.96. The van der Waals surface area contributed by atoms with Crippen LogP contribution in [0.15, 0.2) is 65.0 Å². The zero-order valence-electron chi connectivity index (χ0n) is 22.6. The largest absolute Gasteiger partial charge is 0.367 e. The van der Waals surface area contributed by atoms with Gasteiger partial charge >= 0.3 is 0 Å². The summed E-state index contributed by atoms with van der Waals surface area (Å²) in [5.74, 6) is -0.00473. The molecule has 0 saturated carbocycles. The molecular weight excluding hydrogens is 525 g/mol. The summed E-state index contributed by atoms with van der Waals surface area (Å²) in [4.78, 5) is 25.2. The quantitative estimate of drug-likeness (QED) is 0.275. The van der Waals surface area contributed by atoms with Crippen molar-refractivity contribution in [3.63, 3.8) is 0 Å². The fraction of sp³-hybridized carbons (Fsp3) is 0.267. The van der Waals surface area contributed by atoms with E-state index in [9.17, 15) is 9.18 Å². The third-order valence-electron chi connectivity index (χ3n) is 7.16. The fourth-order valence-electron chi connectivity index (χ4n) is 5.20. The van der Waals surface area contributed by atoms with Gasteiger partial charge in [0.2, 0.25) is 5.95 Å². The van der Waals surface area contributed by atoms with Crippen molar-refractivity contribution in [2.24, 2.45) is 0 Å². The summed E-state index contributed by atoms with van der Waals surface area (Å²) in [6.07, 6.45) is 3.53. The maximum atomic E-state index is 15.0. The van der Waals surface area contributed by atoms with Crippen molar-refractivity contribution in [3.05, 3.63) is 82.0 Å². The van der Waals surface area contributed by atoms with Crippen LogP contribution in [-0.4, -0.2) is 45.1 Å². The number of halogens is 1. The number of benzene rings is 2. The fourth-order valence-corrected chi connectivity index (χ4v) is 5.73. The lowest BCUT2D eigenvalue weighted by Crippen LogP contribution is -2.43. The van der Waals surface area contributed by atoms with Crippen molar-refractivity contribution < 1.29 is 4.39 Å². The number of pyridine rings is 1. The lowest BCUT2D eigenvalue weighted by Gasteiger charge is -2.29. The maximum Gasteiger partial charge on any atom is 0.260 e. The van der Waals surface area contributed by atoms with E-state index in [1.807, 2.05) is 61.5 Å². The van der Waals surface area contributed by atoms with E-state index < -0.39 is 0 Å². The molecule has 3 aromatic heterocycles. The second-order valence-electron chi connectivity index (χ2n) is 10.3. The van der Waals surface area contributed by atoms with Gasteiger partial charge in [-0.05, 0) is 67.7 Å². The Bertz CT molecular complexity index is 1740. The summed E-state index contributed by atoms with van der Waals surface area (Å²) >= 11 is 1.38.